The molecule has 9 nitrogen and oxygen atoms in total. The Bertz CT molecular complexity index is 371. The Labute approximate surface area is 116 Å². The van der Waals surface area contributed by atoms with Crippen molar-refractivity contribution in [2.75, 3.05) is 32.8 Å². The minimum Gasteiger partial charge on any atom is -0.480 e. The zero-order valence-corrected chi connectivity index (χ0v) is 11.5. The van der Waals surface area contributed by atoms with Crippen LogP contribution in [-0.4, -0.2) is 66.7 Å². The molecule has 0 unspecified atom stereocenters. The second-order valence-corrected chi connectivity index (χ2v) is 3.65. The number of hydrogen-bond donors (Lipinski definition) is 3. The minimum absolute atomic E-state index is 0.215. The number of nitrogens with one attached hydrogen (secondary N) is 2. The molecule has 0 saturated heterocycles. The smallest absolute Gasteiger partial charge is 0.325 e. The Morgan fingerprint density at radius 3 is 2.25 bits per heavy atom. The normalized spacial score (nSPS) is 9.50. The first-order valence-corrected chi connectivity index (χ1v) is 6.07. The molecule has 0 spiro atoms. The Morgan fingerprint density at radius 2 is 1.75 bits per heavy atom. The van der Waals surface area contributed by atoms with Gasteiger partial charge in [0.05, 0.1) is 13.2 Å². The van der Waals surface area contributed by atoms with Crippen molar-refractivity contribution in [3.8, 4) is 0 Å². The Morgan fingerprint density at radius 1 is 1.10 bits per heavy atom. The highest BCUT2D eigenvalue weighted by Gasteiger charge is 2.16. The second-order valence-electron chi connectivity index (χ2n) is 3.65. The largest absolute Gasteiger partial charge is 0.480 e. The molecule has 0 aliphatic carbocycles. The number of likely N-dealkylation sites (N-methyl/N-ethyl adjacent to an activating group) is 1. The molecule has 9 heteroatoms. The molecule has 0 aromatic rings. The van der Waals surface area contributed by atoms with Gasteiger partial charge >= 0.3 is 18.0 Å². The summed E-state index contributed by atoms with van der Waals surface area (Å²) in [5.41, 5.74) is 0. The molecule has 3 amide bonds. The molecule has 20 heavy (non-hydrogen) atoms. The number of carboxylic acids is 1. The number of amides is 3. The van der Waals surface area contributed by atoms with Gasteiger partial charge in [-0.3, -0.25) is 14.4 Å². The van der Waals surface area contributed by atoms with Gasteiger partial charge in [-0.05, 0) is 13.8 Å². The molecule has 3 N–H and O–H groups in total. The first-order chi connectivity index (χ1) is 9.40. The van der Waals surface area contributed by atoms with Crippen molar-refractivity contribution in [3.05, 3.63) is 0 Å². The van der Waals surface area contributed by atoms with E-state index in [0.717, 1.165) is 0 Å². The number of urea groups is 1. The molecule has 0 aliphatic heterocycles. The number of nitrogens with zero attached hydrogens (tertiary/aromatic N) is 1. The maximum Gasteiger partial charge on any atom is 0.325 e. The second kappa shape index (κ2) is 9.59. The molecule has 0 fully saturated rings. The number of carbonyl (C=O) groups excluding carboxylic acids is 3. The van der Waals surface area contributed by atoms with Crippen molar-refractivity contribution in [3.63, 3.8) is 0 Å². The number of carbonyl (C=O) groups is 4. The molecule has 0 heterocycles. The van der Waals surface area contributed by atoms with Crippen LogP contribution in [0.5, 0.6) is 0 Å². The summed E-state index contributed by atoms with van der Waals surface area (Å²) < 4.78 is 4.71. The predicted molar refractivity (Wildman–Crippen MR) is 67.9 cm³/mol. The third-order valence-electron chi connectivity index (χ3n) is 2.13. The molecule has 0 aromatic carbocycles. The van der Waals surface area contributed by atoms with Crippen LogP contribution in [-0.2, 0) is 19.1 Å². The summed E-state index contributed by atoms with van der Waals surface area (Å²) in [5, 5.41) is 12.7. The van der Waals surface area contributed by atoms with E-state index in [2.05, 4.69) is 10.6 Å². The van der Waals surface area contributed by atoms with E-state index in [9.17, 15) is 19.2 Å². The van der Waals surface area contributed by atoms with E-state index in [1.54, 1.807) is 13.8 Å². The van der Waals surface area contributed by atoms with E-state index in [1.807, 2.05) is 0 Å². The van der Waals surface area contributed by atoms with Gasteiger partial charge in [0.2, 0.25) is 5.91 Å². The predicted octanol–water partition coefficient (Wildman–Crippen LogP) is -1.22. The number of rotatable bonds is 8. The zero-order valence-electron chi connectivity index (χ0n) is 11.5. The SMILES string of the molecule is CCOC(=O)CN(CC)C(=O)NCC(=O)NCC(=O)O. The van der Waals surface area contributed by atoms with E-state index in [-0.39, 0.29) is 26.2 Å². The van der Waals surface area contributed by atoms with Gasteiger partial charge in [-0.2, -0.15) is 0 Å². The van der Waals surface area contributed by atoms with Crippen LogP contribution in [0.3, 0.4) is 0 Å². The van der Waals surface area contributed by atoms with Crippen LogP contribution in [0.15, 0.2) is 0 Å². The summed E-state index contributed by atoms with van der Waals surface area (Å²) in [6.07, 6.45) is 0. The lowest BCUT2D eigenvalue weighted by Gasteiger charge is -2.20. The summed E-state index contributed by atoms with van der Waals surface area (Å²) in [6, 6.07) is -0.606. The van der Waals surface area contributed by atoms with Crippen LogP contribution in [0, 0.1) is 0 Å². The number of carboxylic acid groups (broad SMARTS) is 1. The monoisotopic (exact) mass is 289 g/mol. The number of hydrogen-bond acceptors (Lipinski definition) is 5. The van der Waals surface area contributed by atoms with Crippen LogP contribution < -0.4 is 10.6 Å². The molecule has 0 rings (SSSR count). The molecule has 0 saturated carbocycles. The Kier molecular flexibility index (Phi) is 8.48. The molecular formula is C11H19N3O6. The molecule has 0 bridgehead atoms. The van der Waals surface area contributed by atoms with Crippen LogP contribution in [0.4, 0.5) is 4.79 Å². The molecule has 114 valence electrons. The van der Waals surface area contributed by atoms with E-state index in [1.165, 1.54) is 4.90 Å². The number of esters is 1. The minimum atomic E-state index is -1.18. The van der Waals surface area contributed by atoms with Gasteiger partial charge < -0.3 is 25.4 Å². The summed E-state index contributed by atoms with van der Waals surface area (Å²) in [4.78, 5) is 45.5. The topological polar surface area (TPSA) is 125 Å². The van der Waals surface area contributed by atoms with Crippen molar-refractivity contribution >= 4 is 23.9 Å². The molecule has 0 atom stereocenters. The quantitative estimate of drug-likeness (QED) is 0.481. The molecular weight excluding hydrogens is 270 g/mol. The molecule has 0 radical (unpaired) electrons. The third kappa shape index (κ3) is 7.90. The maximum absolute atomic E-state index is 11.7. The molecule has 0 aromatic heterocycles. The first-order valence-electron chi connectivity index (χ1n) is 6.07. The van der Waals surface area contributed by atoms with E-state index >= 15 is 0 Å². The van der Waals surface area contributed by atoms with Crippen molar-refractivity contribution in [2.24, 2.45) is 0 Å². The Balaban J connectivity index is 4.12. The lowest BCUT2D eigenvalue weighted by atomic mass is 10.5. The fourth-order valence-electron chi connectivity index (χ4n) is 1.19. The fraction of sp³-hybridized carbons (Fsp3) is 0.636. The highest BCUT2D eigenvalue weighted by atomic mass is 16.5. The van der Waals surface area contributed by atoms with Crippen molar-refractivity contribution in [1.82, 2.24) is 15.5 Å². The lowest BCUT2D eigenvalue weighted by Crippen LogP contribution is -2.46. The molecule has 0 aliphatic rings. The zero-order chi connectivity index (χ0) is 15.5. The van der Waals surface area contributed by atoms with Gasteiger partial charge in [0.15, 0.2) is 0 Å². The average Bonchev–Trinajstić information content (AvgIpc) is 2.40. The number of aliphatic carboxylic acids is 1. The van der Waals surface area contributed by atoms with Crippen molar-refractivity contribution in [2.45, 2.75) is 13.8 Å². The van der Waals surface area contributed by atoms with Crippen LogP contribution >= 0.6 is 0 Å². The number of ether oxygens (including phenoxy) is 1. The van der Waals surface area contributed by atoms with E-state index in [4.69, 9.17) is 9.84 Å². The van der Waals surface area contributed by atoms with Gasteiger partial charge in [-0.15, -0.1) is 0 Å². The maximum atomic E-state index is 11.7. The third-order valence-corrected chi connectivity index (χ3v) is 2.13. The average molecular weight is 289 g/mol. The van der Waals surface area contributed by atoms with Gasteiger partial charge in [-0.25, -0.2) is 4.79 Å². The van der Waals surface area contributed by atoms with E-state index in [0.29, 0.717) is 0 Å². The summed E-state index contributed by atoms with van der Waals surface area (Å²) >= 11 is 0. The summed E-state index contributed by atoms with van der Waals surface area (Å²) in [5.74, 6) is -2.35. The standard InChI is InChI=1S/C11H19N3O6/c1-3-14(7-10(18)20-4-2)11(19)13-5-8(15)12-6-9(16)17/h3-7H2,1-2H3,(H,12,15)(H,13,19)(H,16,17). The van der Waals surface area contributed by atoms with Gasteiger partial charge in [0.1, 0.15) is 13.1 Å². The summed E-state index contributed by atoms with van der Waals surface area (Å²) in [7, 11) is 0. The van der Waals surface area contributed by atoms with E-state index < -0.39 is 30.4 Å². The van der Waals surface area contributed by atoms with Crippen LogP contribution in [0.1, 0.15) is 13.8 Å². The summed E-state index contributed by atoms with van der Waals surface area (Å²) in [6.45, 7) is 2.70. The van der Waals surface area contributed by atoms with Crippen LogP contribution in [0.25, 0.3) is 0 Å². The van der Waals surface area contributed by atoms with Gasteiger partial charge in [0, 0.05) is 6.54 Å². The lowest BCUT2D eigenvalue weighted by molar-refractivity contribution is -0.143. The highest BCUT2D eigenvalue weighted by Crippen LogP contribution is 1.91. The van der Waals surface area contributed by atoms with Gasteiger partial charge in [0.25, 0.3) is 0 Å². The Hall–Kier alpha value is -2.32. The van der Waals surface area contributed by atoms with Gasteiger partial charge in [-0.1, -0.05) is 0 Å². The first kappa shape index (κ1) is 17.7. The highest BCUT2D eigenvalue weighted by molar-refractivity contribution is 5.87. The fourth-order valence-corrected chi connectivity index (χ4v) is 1.19. The van der Waals surface area contributed by atoms with Crippen LogP contribution in [0.2, 0.25) is 0 Å². The van der Waals surface area contributed by atoms with Crippen molar-refractivity contribution < 1.29 is 29.0 Å². The van der Waals surface area contributed by atoms with Crippen molar-refractivity contribution in [1.29, 1.82) is 0 Å².